The average molecular weight is 374 g/mol. The van der Waals surface area contributed by atoms with E-state index in [-0.39, 0.29) is 5.91 Å². The summed E-state index contributed by atoms with van der Waals surface area (Å²) in [6.07, 6.45) is 3.65. The third-order valence-corrected chi connectivity index (χ3v) is 5.35. The third-order valence-electron chi connectivity index (χ3n) is 4.33. The molecule has 4 rings (SSSR count). The third kappa shape index (κ3) is 3.39. The molecule has 134 valence electrons. The standard InChI is InChI=1S/C21H18N4OS/c1-14-19(23-21(27-14)15-8-4-3-5-9-15)20(26)24-22-12-16-13-25(2)18-11-7-6-10-17(16)18/h3-13H,1-2H3,(H,24,26)/b22-12-. The van der Waals surface area contributed by atoms with E-state index in [1.807, 2.05) is 73.3 Å². The Hall–Kier alpha value is -3.25. The Morgan fingerprint density at radius 3 is 2.70 bits per heavy atom. The molecule has 0 spiro atoms. The van der Waals surface area contributed by atoms with Crippen LogP contribution in [0.4, 0.5) is 0 Å². The zero-order valence-corrected chi connectivity index (χ0v) is 15.8. The number of hydrogen-bond donors (Lipinski definition) is 1. The van der Waals surface area contributed by atoms with E-state index in [1.165, 1.54) is 11.3 Å². The number of aromatic nitrogens is 2. The van der Waals surface area contributed by atoms with E-state index >= 15 is 0 Å². The molecule has 2 heterocycles. The van der Waals surface area contributed by atoms with Crippen LogP contribution in [-0.4, -0.2) is 21.7 Å². The second-order valence-corrected chi connectivity index (χ2v) is 7.40. The molecule has 0 radical (unpaired) electrons. The topological polar surface area (TPSA) is 59.3 Å². The van der Waals surface area contributed by atoms with Crippen molar-refractivity contribution in [3.8, 4) is 10.6 Å². The maximum absolute atomic E-state index is 12.5. The molecule has 0 saturated carbocycles. The van der Waals surface area contributed by atoms with Crippen molar-refractivity contribution in [2.75, 3.05) is 0 Å². The van der Waals surface area contributed by atoms with Crippen LogP contribution in [-0.2, 0) is 7.05 Å². The van der Waals surface area contributed by atoms with Gasteiger partial charge in [-0.1, -0.05) is 48.5 Å². The molecule has 5 nitrogen and oxygen atoms in total. The Bertz CT molecular complexity index is 1140. The first-order valence-corrected chi connectivity index (χ1v) is 9.35. The summed E-state index contributed by atoms with van der Waals surface area (Å²) in [5.74, 6) is -0.303. The van der Waals surface area contributed by atoms with Gasteiger partial charge in [-0.15, -0.1) is 11.3 Å². The number of rotatable bonds is 4. The molecule has 0 unspecified atom stereocenters. The van der Waals surface area contributed by atoms with Crippen molar-refractivity contribution in [2.45, 2.75) is 6.92 Å². The second-order valence-electron chi connectivity index (χ2n) is 6.20. The minimum absolute atomic E-state index is 0.303. The van der Waals surface area contributed by atoms with Crippen molar-refractivity contribution in [2.24, 2.45) is 12.1 Å². The molecule has 27 heavy (non-hydrogen) atoms. The maximum atomic E-state index is 12.5. The number of para-hydroxylation sites is 1. The number of carbonyl (C=O) groups excluding carboxylic acids is 1. The van der Waals surface area contributed by atoms with Crippen molar-refractivity contribution in [3.63, 3.8) is 0 Å². The van der Waals surface area contributed by atoms with Gasteiger partial charge in [-0.05, 0) is 13.0 Å². The van der Waals surface area contributed by atoms with Gasteiger partial charge in [0.05, 0.1) is 6.21 Å². The highest BCUT2D eigenvalue weighted by Gasteiger charge is 2.15. The fourth-order valence-corrected chi connectivity index (χ4v) is 3.92. The van der Waals surface area contributed by atoms with Gasteiger partial charge >= 0.3 is 0 Å². The van der Waals surface area contributed by atoms with Crippen LogP contribution in [0.25, 0.3) is 21.5 Å². The molecule has 0 atom stereocenters. The molecule has 2 aromatic heterocycles. The zero-order valence-electron chi connectivity index (χ0n) is 15.0. The number of hydrazone groups is 1. The highest BCUT2D eigenvalue weighted by molar-refractivity contribution is 7.15. The van der Waals surface area contributed by atoms with Crippen molar-refractivity contribution in [3.05, 3.63) is 76.9 Å². The fraction of sp³-hybridized carbons (Fsp3) is 0.0952. The van der Waals surface area contributed by atoms with Crippen LogP contribution in [0.1, 0.15) is 20.9 Å². The Labute approximate surface area is 161 Å². The van der Waals surface area contributed by atoms with E-state index in [1.54, 1.807) is 6.21 Å². The number of nitrogens with one attached hydrogen (secondary N) is 1. The number of benzene rings is 2. The predicted octanol–water partition coefficient (Wildman–Crippen LogP) is 4.37. The predicted molar refractivity (Wildman–Crippen MR) is 110 cm³/mol. The molecule has 6 heteroatoms. The lowest BCUT2D eigenvalue weighted by Crippen LogP contribution is -2.18. The molecule has 0 aliphatic rings. The van der Waals surface area contributed by atoms with Crippen molar-refractivity contribution in [1.82, 2.24) is 15.0 Å². The minimum Gasteiger partial charge on any atom is -0.350 e. The number of amides is 1. The summed E-state index contributed by atoms with van der Waals surface area (Å²) < 4.78 is 2.04. The van der Waals surface area contributed by atoms with Gasteiger partial charge in [0.1, 0.15) is 10.7 Å². The number of carbonyl (C=O) groups is 1. The Morgan fingerprint density at radius 2 is 1.89 bits per heavy atom. The Morgan fingerprint density at radius 1 is 1.15 bits per heavy atom. The van der Waals surface area contributed by atoms with Crippen molar-refractivity contribution in [1.29, 1.82) is 0 Å². The summed E-state index contributed by atoms with van der Waals surface area (Å²) in [6.45, 7) is 1.90. The van der Waals surface area contributed by atoms with Crippen molar-refractivity contribution >= 4 is 34.4 Å². The lowest BCUT2D eigenvalue weighted by atomic mass is 10.2. The van der Waals surface area contributed by atoms with Gasteiger partial charge in [0.2, 0.25) is 0 Å². The summed E-state index contributed by atoms with van der Waals surface area (Å²) in [6, 6.07) is 17.9. The van der Waals surface area contributed by atoms with Gasteiger partial charge in [0.25, 0.3) is 5.91 Å². The zero-order chi connectivity index (χ0) is 18.8. The number of nitrogens with zero attached hydrogens (tertiary/aromatic N) is 3. The van der Waals surface area contributed by atoms with E-state index in [9.17, 15) is 4.79 Å². The molecular formula is C21H18N4OS. The highest BCUT2D eigenvalue weighted by Crippen LogP contribution is 2.27. The maximum Gasteiger partial charge on any atom is 0.291 e. The molecule has 4 aromatic rings. The average Bonchev–Trinajstić information content (AvgIpc) is 3.23. The first-order chi connectivity index (χ1) is 13.1. The smallest absolute Gasteiger partial charge is 0.291 e. The number of thiazole rings is 1. The minimum atomic E-state index is -0.303. The summed E-state index contributed by atoms with van der Waals surface area (Å²) >= 11 is 1.50. The molecule has 0 bridgehead atoms. The second kappa shape index (κ2) is 7.17. The van der Waals surface area contributed by atoms with Crippen LogP contribution < -0.4 is 5.43 Å². The highest BCUT2D eigenvalue weighted by atomic mass is 32.1. The van der Waals surface area contributed by atoms with Crippen LogP contribution in [0.15, 0.2) is 65.9 Å². The van der Waals surface area contributed by atoms with Crippen LogP contribution in [0.2, 0.25) is 0 Å². The number of fused-ring (bicyclic) bond motifs is 1. The molecule has 0 fully saturated rings. The normalized spacial score (nSPS) is 11.3. The summed E-state index contributed by atoms with van der Waals surface area (Å²) in [5.41, 5.74) is 6.08. The van der Waals surface area contributed by atoms with Crippen molar-refractivity contribution < 1.29 is 4.79 Å². The Kier molecular flexibility index (Phi) is 4.56. The van der Waals surface area contributed by atoms with E-state index in [2.05, 4.69) is 21.6 Å². The molecule has 1 amide bonds. The first kappa shape index (κ1) is 17.2. The first-order valence-electron chi connectivity index (χ1n) is 8.54. The largest absolute Gasteiger partial charge is 0.350 e. The van der Waals surface area contributed by atoms with E-state index in [0.29, 0.717) is 5.69 Å². The van der Waals surface area contributed by atoms with Crippen LogP contribution >= 0.6 is 11.3 Å². The van der Waals surface area contributed by atoms with E-state index in [4.69, 9.17) is 0 Å². The SMILES string of the molecule is Cc1sc(-c2ccccc2)nc1C(=O)N/N=C\c1cn(C)c2ccccc12. The number of hydrogen-bond acceptors (Lipinski definition) is 4. The molecule has 0 saturated heterocycles. The quantitative estimate of drug-likeness (QED) is 0.426. The lowest BCUT2D eigenvalue weighted by Gasteiger charge is -1.97. The summed E-state index contributed by atoms with van der Waals surface area (Å²) in [4.78, 5) is 17.8. The van der Waals surface area contributed by atoms with Gasteiger partial charge in [0, 0.05) is 40.2 Å². The van der Waals surface area contributed by atoms with Gasteiger partial charge < -0.3 is 4.57 Å². The molecule has 1 N–H and O–H groups in total. The van der Waals surface area contributed by atoms with Crippen LogP contribution in [0.3, 0.4) is 0 Å². The van der Waals surface area contributed by atoms with Gasteiger partial charge in [-0.3, -0.25) is 4.79 Å². The summed E-state index contributed by atoms with van der Waals surface area (Å²) in [7, 11) is 1.99. The Balaban J connectivity index is 1.53. The van der Waals surface area contributed by atoms with E-state index in [0.717, 1.165) is 31.9 Å². The molecule has 0 aliphatic heterocycles. The molecule has 2 aromatic carbocycles. The van der Waals surface area contributed by atoms with Gasteiger partial charge in [0.15, 0.2) is 0 Å². The molecular weight excluding hydrogens is 356 g/mol. The fourth-order valence-electron chi connectivity index (χ4n) is 3.00. The van der Waals surface area contributed by atoms with Crippen LogP contribution in [0, 0.1) is 6.92 Å². The van der Waals surface area contributed by atoms with Gasteiger partial charge in [-0.2, -0.15) is 5.10 Å². The monoisotopic (exact) mass is 374 g/mol. The number of aryl methyl sites for hydroxylation is 2. The van der Waals surface area contributed by atoms with Gasteiger partial charge in [-0.25, -0.2) is 10.4 Å². The lowest BCUT2D eigenvalue weighted by molar-refractivity contribution is 0.0950. The van der Waals surface area contributed by atoms with Crippen LogP contribution in [0.5, 0.6) is 0 Å². The summed E-state index contributed by atoms with van der Waals surface area (Å²) in [5, 5.41) is 6.05. The van der Waals surface area contributed by atoms with E-state index < -0.39 is 0 Å². The molecule has 0 aliphatic carbocycles.